The zero-order valence-corrected chi connectivity index (χ0v) is 12.1. The summed E-state index contributed by atoms with van der Waals surface area (Å²) in [5, 5.41) is 11.5. The van der Waals surface area contributed by atoms with Crippen molar-refractivity contribution >= 4 is 12.1 Å². The largest absolute Gasteiger partial charge is 0.480 e. The molecule has 0 spiro atoms. The van der Waals surface area contributed by atoms with E-state index in [-0.39, 0.29) is 0 Å². The Morgan fingerprint density at radius 1 is 1.25 bits per heavy atom. The van der Waals surface area contributed by atoms with Crippen molar-refractivity contribution in [1.29, 1.82) is 0 Å². The number of hydrogen-bond donors (Lipinski definition) is 2. The first-order valence-electron chi connectivity index (χ1n) is 6.54. The van der Waals surface area contributed by atoms with Crippen LogP contribution in [0.3, 0.4) is 0 Å². The number of benzene rings is 1. The number of rotatable bonds is 5. The van der Waals surface area contributed by atoms with E-state index in [1.807, 2.05) is 30.3 Å². The Morgan fingerprint density at radius 2 is 1.85 bits per heavy atom. The van der Waals surface area contributed by atoms with E-state index in [1.54, 1.807) is 20.8 Å². The number of ether oxygens (including phenoxy) is 1. The number of carbonyl (C=O) groups is 2. The molecule has 0 aliphatic rings. The highest BCUT2D eigenvalue weighted by molar-refractivity contribution is 5.80. The lowest BCUT2D eigenvalue weighted by atomic mass is 10.1. The molecule has 1 unspecified atom stereocenters. The average Bonchev–Trinajstić information content (AvgIpc) is 2.33. The van der Waals surface area contributed by atoms with Crippen molar-refractivity contribution in [2.45, 2.75) is 45.3 Å². The maximum absolute atomic E-state index is 11.6. The van der Waals surface area contributed by atoms with Crippen LogP contribution in [0.25, 0.3) is 0 Å². The van der Waals surface area contributed by atoms with Crippen molar-refractivity contribution in [3.63, 3.8) is 0 Å². The van der Waals surface area contributed by atoms with Crippen LogP contribution in [0.15, 0.2) is 30.3 Å². The zero-order chi connectivity index (χ0) is 15.2. The van der Waals surface area contributed by atoms with Gasteiger partial charge in [0.1, 0.15) is 11.6 Å². The molecule has 2 N–H and O–H groups in total. The molecule has 0 aliphatic carbocycles. The van der Waals surface area contributed by atoms with Crippen LogP contribution in [0.5, 0.6) is 0 Å². The van der Waals surface area contributed by atoms with Crippen LogP contribution in [-0.2, 0) is 16.0 Å². The summed E-state index contributed by atoms with van der Waals surface area (Å²) in [5.41, 5.74) is 0.386. The summed E-state index contributed by atoms with van der Waals surface area (Å²) in [7, 11) is 0. The second kappa shape index (κ2) is 6.93. The van der Waals surface area contributed by atoms with Gasteiger partial charge in [0.25, 0.3) is 0 Å². The highest BCUT2D eigenvalue weighted by Crippen LogP contribution is 2.09. The Hall–Kier alpha value is -2.04. The predicted molar refractivity (Wildman–Crippen MR) is 75.6 cm³/mol. The standard InChI is InChI=1S/C15H21NO4/c1-15(2,3)20-14(19)16-12(13(17)18)10-9-11-7-5-4-6-8-11/h4-8,12H,9-10H2,1-3H3,(H,16,19)(H,17,18)/i13+1. The molecule has 0 fully saturated rings. The molecule has 0 saturated carbocycles. The van der Waals surface area contributed by atoms with Crippen LogP contribution in [-0.4, -0.2) is 28.8 Å². The fourth-order valence-electron chi connectivity index (χ4n) is 1.66. The molecular weight excluding hydrogens is 259 g/mol. The molecule has 0 aliphatic heterocycles. The van der Waals surface area contributed by atoms with Gasteiger partial charge in [-0.05, 0) is 39.2 Å². The van der Waals surface area contributed by atoms with Gasteiger partial charge in [-0.2, -0.15) is 0 Å². The molecule has 0 aromatic heterocycles. The number of aryl methyl sites for hydroxylation is 1. The number of aliphatic carboxylic acids is 1. The second-order valence-corrected chi connectivity index (χ2v) is 5.56. The van der Waals surface area contributed by atoms with Crippen LogP contribution in [0.2, 0.25) is 0 Å². The van der Waals surface area contributed by atoms with Crippen molar-refractivity contribution in [2.24, 2.45) is 0 Å². The topological polar surface area (TPSA) is 75.6 Å². The van der Waals surface area contributed by atoms with E-state index in [4.69, 9.17) is 9.84 Å². The first-order chi connectivity index (χ1) is 9.28. The van der Waals surface area contributed by atoms with Gasteiger partial charge in [0.05, 0.1) is 0 Å². The summed E-state index contributed by atoms with van der Waals surface area (Å²) in [6.45, 7) is 5.19. The third kappa shape index (κ3) is 6.22. The van der Waals surface area contributed by atoms with E-state index < -0.39 is 23.7 Å². The Morgan fingerprint density at radius 3 is 2.35 bits per heavy atom. The number of nitrogens with one attached hydrogen (secondary N) is 1. The van der Waals surface area contributed by atoms with Gasteiger partial charge in [-0.25, -0.2) is 9.59 Å². The summed E-state index contributed by atoms with van der Waals surface area (Å²) in [5.74, 6) is -1.06. The molecule has 0 radical (unpaired) electrons. The van der Waals surface area contributed by atoms with Crippen LogP contribution in [0.1, 0.15) is 32.8 Å². The molecule has 20 heavy (non-hydrogen) atoms. The summed E-state index contributed by atoms with van der Waals surface area (Å²) >= 11 is 0. The van der Waals surface area contributed by atoms with Crippen molar-refractivity contribution in [2.75, 3.05) is 0 Å². The van der Waals surface area contributed by atoms with Gasteiger partial charge in [0, 0.05) is 0 Å². The molecule has 1 aromatic carbocycles. The molecule has 0 heterocycles. The third-order valence-corrected chi connectivity index (χ3v) is 2.55. The lowest BCUT2D eigenvalue weighted by Gasteiger charge is -2.22. The van der Waals surface area contributed by atoms with Gasteiger partial charge in [-0.15, -0.1) is 0 Å². The first-order valence-corrected chi connectivity index (χ1v) is 6.54. The summed E-state index contributed by atoms with van der Waals surface area (Å²) < 4.78 is 5.06. The van der Waals surface area contributed by atoms with E-state index >= 15 is 0 Å². The van der Waals surface area contributed by atoms with E-state index in [2.05, 4.69) is 5.32 Å². The minimum atomic E-state index is -1.06. The summed E-state index contributed by atoms with van der Waals surface area (Å²) in [6.07, 6.45) is 0.185. The number of hydrogen-bond acceptors (Lipinski definition) is 3. The lowest BCUT2D eigenvalue weighted by Crippen LogP contribution is -2.43. The fourth-order valence-corrected chi connectivity index (χ4v) is 1.66. The SMILES string of the molecule is CC(C)(C)OC(=O)NC(CCc1ccccc1)[13C](=O)O. The molecule has 1 amide bonds. The number of carboxylic acids is 1. The molecule has 5 heteroatoms. The number of alkyl carbamates (subject to hydrolysis) is 1. The summed E-state index contributed by atoms with van der Waals surface area (Å²) in [4.78, 5) is 22.7. The second-order valence-electron chi connectivity index (χ2n) is 5.56. The molecular formula is C15H21NO4. The van der Waals surface area contributed by atoms with Crippen LogP contribution < -0.4 is 5.32 Å². The Bertz CT molecular complexity index is 451. The Labute approximate surface area is 118 Å². The number of amides is 1. The van der Waals surface area contributed by atoms with Crippen LogP contribution in [0, 0.1) is 0 Å². The normalized spacial score (nSPS) is 12.6. The minimum Gasteiger partial charge on any atom is -0.480 e. The van der Waals surface area contributed by atoms with Gasteiger partial charge < -0.3 is 15.2 Å². The number of carboxylic acid groups (broad SMARTS) is 1. The van der Waals surface area contributed by atoms with Crippen LogP contribution >= 0.6 is 0 Å². The average molecular weight is 280 g/mol. The van der Waals surface area contributed by atoms with Crippen LogP contribution in [0.4, 0.5) is 4.79 Å². The minimum absolute atomic E-state index is 0.318. The highest BCUT2D eigenvalue weighted by Gasteiger charge is 2.23. The van der Waals surface area contributed by atoms with E-state index in [0.717, 1.165) is 5.56 Å². The van der Waals surface area contributed by atoms with Crippen molar-refractivity contribution < 1.29 is 19.4 Å². The molecule has 1 rings (SSSR count). The summed E-state index contributed by atoms with van der Waals surface area (Å²) in [6, 6.07) is 8.58. The maximum atomic E-state index is 11.6. The van der Waals surface area contributed by atoms with E-state index in [0.29, 0.717) is 12.8 Å². The Balaban J connectivity index is 2.53. The zero-order valence-electron chi connectivity index (χ0n) is 12.1. The lowest BCUT2D eigenvalue weighted by molar-refractivity contribution is -0.139. The molecule has 5 nitrogen and oxygen atoms in total. The quantitative estimate of drug-likeness (QED) is 0.813. The van der Waals surface area contributed by atoms with Gasteiger partial charge in [0.15, 0.2) is 0 Å². The maximum Gasteiger partial charge on any atom is 0.408 e. The number of carbonyl (C=O) groups excluding carboxylic acids is 1. The smallest absolute Gasteiger partial charge is 0.408 e. The predicted octanol–water partition coefficient (Wildman–Crippen LogP) is 2.60. The molecule has 0 saturated heterocycles. The van der Waals surface area contributed by atoms with Gasteiger partial charge in [-0.3, -0.25) is 0 Å². The molecule has 0 bridgehead atoms. The van der Waals surface area contributed by atoms with Gasteiger partial charge >= 0.3 is 12.1 Å². The monoisotopic (exact) mass is 280 g/mol. The van der Waals surface area contributed by atoms with E-state index in [1.165, 1.54) is 0 Å². The van der Waals surface area contributed by atoms with Gasteiger partial charge in [-0.1, -0.05) is 30.3 Å². The van der Waals surface area contributed by atoms with E-state index in [9.17, 15) is 9.59 Å². The fraction of sp³-hybridized carbons (Fsp3) is 0.467. The first kappa shape index (κ1) is 16.0. The molecule has 1 aromatic rings. The molecule has 1 atom stereocenters. The van der Waals surface area contributed by atoms with Crippen molar-refractivity contribution in [1.82, 2.24) is 5.32 Å². The highest BCUT2D eigenvalue weighted by atomic mass is 16.6. The molecule has 110 valence electrons. The van der Waals surface area contributed by atoms with Gasteiger partial charge in [0.2, 0.25) is 0 Å². The third-order valence-electron chi connectivity index (χ3n) is 2.55. The van der Waals surface area contributed by atoms with Crippen molar-refractivity contribution in [3.8, 4) is 0 Å². The van der Waals surface area contributed by atoms with Crippen molar-refractivity contribution in [3.05, 3.63) is 35.9 Å². The Kier molecular flexibility index (Phi) is 5.55.